The summed E-state index contributed by atoms with van der Waals surface area (Å²) in [5.41, 5.74) is 10.9. The van der Waals surface area contributed by atoms with E-state index in [4.69, 9.17) is 15.2 Å². The summed E-state index contributed by atoms with van der Waals surface area (Å²) in [5, 5.41) is 16.2. The first kappa shape index (κ1) is 45.0. The molecule has 4 heterocycles. The number of aromatic nitrogens is 2. The quantitative estimate of drug-likeness (QED) is 0.0815. The van der Waals surface area contributed by atoms with Crippen molar-refractivity contribution in [1.29, 1.82) is 0 Å². The summed E-state index contributed by atoms with van der Waals surface area (Å²) in [6.07, 6.45) is 3.08. The van der Waals surface area contributed by atoms with Crippen LogP contribution in [0.3, 0.4) is 0 Å². The molecule has 2 aromatic heterocycles. The van der Waals surface area contributed by atoms with Crippen LogP contribution in [0.25, 0.3) is 21.7 Å². The monoisotopic (exact) mass is 866 g/mol. The molecule has 0 aliphatic carbocycles. The van der Waals surface area contributed by atoms with Gasteiger partial charge in [0.15, 0.2) is 16.7 Å². The number of primary amides is 1. The molecule has 2 aliphatic heterocycles. The van der Waals surface area contributed by atoms with E-state index >= 15 is 0 Å². The molecule has 324 valence electrons. The van der Waals surface area contributed by atoms with E-state index < -0.39 is 41.0 Å². The highest BCUT2D eigenvalue weighted by molar-refractivity contribution is 7.14. The van der Waals surface area contributed by atoms with E-state index in [9.17, 15) is 28.3 Å². The summed E-state index contributed by atoms with van der Waals surface area (Å²) in [7, 11) is 0. The van der Waals surface area contributed by atoms with Crippen LogP contribution in [0.1, 0.15) is 89.4 Å². The maximum absolute atomic E-state index is 15.0. The molecule has 0 bridgehead atoms. The molecular formula is C44H56F2N6O6S2. The highest BCUT2D eigenvalue weighted by Gasteiger charge is 2.41. The second kappa shape index (κ2) is 20.4. The zero-order chi connectivity index (χ0) is 43.0. The molecule has 3 amide bonds. The zero-order valence-electron chi connectivity index (χ0n) is 34.8. The lowest BCUT2D eigenvalue weighted by Gasteiger charge is -2.32. The molecule has 2 aliphatic rings. The number of anilines is 1. The Morgan fingerprint density at radius 3 is 2.50 bits per heavy atom. The van der Waals surface area contributed by atoms with Crippen molar-refractivity contribution in [3.63, 3.8) is 0 Å². The second-order valence-corrected chi connectivity index (χ2v) is 18.3. The van der Waals surface area contributed by atoms with Crippen molar-refractivity contribution in [3.8, 4) is 27.4 Å². The Hall–Kier alpha value is -4.51. The van der Waals surface area contributed by atoms with Gasteiger partial charge in [0.1, 0.15) is 6.04 Å². The number of nitrogens with one attached hydrogen (secondary N) is 1. The predicted molar refractivity (Wildman–Crippen MR) is 230 cm³/mol. The van der Waals surface area contributed by atoms with Crippen LogP contribution in [-0.4, -0.2) is 89.3 Å². The number of likely N-dealkylation sites (tertiary alicyclic amines) is 1. The smallest absolute Gasteiger partial charge is 0.243 e. The van der Waals surface area contributed by atoms with Crippen LogP contribution >= 0.6 is 22.7 Å². The molecule has 12 nitrogen and oxygen atoms in total. The minimum Gasteiger partial charge on any atom is -0.490 e. The Kier molecular flexibility index (Phi) is 15.3. The Morgan fingerprint density at radius 1 is 1.07 bits per heavy atom. The van der Waals surface area contributed by atoms with Gasteiger partial charge >= 0.3 is 0 Å². The molecule has 0 radical (unpaired) electrons. The van der Waals surface area contributed by atoms with Crippen LogP contribution in [-0.2, 0) is 19.1 Å². The van der Waals surface area contributed by atoms with E-state index in [1.54, 1.807) is 11.3 Å². The normalized spacial score (nSPS) is 18.1. The zero-order valence-corrected chi connectivity index (χ0v) is 36.4. The number of β-amino-alcohol motifs (C(OH)–C–C–N with tert-alkyl or cyclic N) is 1. The average Bonchev–Trinajstić information content (AvgIpc) is 3.99. The van der Waals surface area contributed by atoms with Gasteiger partial charge in [0, 0.05) is 49.3 Å². The van der Waals surface area contributed by atoms with Crippen LogP contribution in [0.5, 0.6) is 5.75 Å². The maximum atomic E-state index is 15.0. The number of aliphatic hydroxyl groups is 1. The van der Waals surface area contributed by atoms with Gasteiger partial charge in [0.05, 0.1) is 53.7 Å². The van der Waals surface area contributed by atoms with Gasteiger partial charge in [-0.25, -0.2) is 14.4 Å². The van der Waals surface area contributed by atoms with E-state index in [1.165, 1.54) is 22.3 Å². The van der Waals surface area contributed by atoms with Crippen molar-refractivity contribution in [1.82, 2.24) is 20.2 Å². The summed E-state index contributed by atoms with van der Waals surface area (Å²) in [4.78, 5) is 53.5. The van der Waals surface area contributed by atoms with Crippen LogP contribution in [0.4, 0.5) is 13.9 Å². The second-order valence-electron chi connectivity index (χ2n) is 16.6. The van der Waals surface area contributed by atoms with Gasteiger partial charge in [-0.2, -0.15) is 4.39 Å². The number of amides is 3. The van der Waals surface area contributed by atoms with Crippen molar-refractivity contribution >= 4 is 45.5 Å². The molecular weight excluding hydrogens is 811 g/mol. The SMILES string of the molecule is Cc1ncsc1-c1ccc([C@H](C)NC(=O)[C@@H]2C[C@@H](O)CN2C(=O)CC(C)(C)CC(CCCCCCOc2c(-c3csc(N4CCOCC4)n3)ccc(F)c2F)C(N)=O)cc1. The number of carbonyl (C=O) groups is 3. The van der Waals surface area contributed by atoms with Gasteiger partial charge in [-0.1, -0.05) is 57.4 Å². The molecule has 4 N–H and O–H groups in total. The molecule has 4 aromatic rings. The number of morpholine rings is 1. The molecule has 2 saturated heterocycles. The van der Waals surface area contributed by atoms with E-state index in [2.05, 4.69) is 20.2 Å². The first-order valence-corrected chi connectivity index (χ1v) is 22.4. The molecule has 1 unspecified atom stereocenters. The standard InChI is InChI=1S/C44H56F2N6O6S2/c1-27(29-10-12-30(13-11-29)40-28(2)48-26-60-40)49-42(56)36-21-32(53)24-52(36)37(54)23-44(3,4)22-31(41(47)55)9-7-5-6-8-18-58-39-33(14-15-34(45)38(39)46)35-25-59-43(50-35)51-16-19-57-20-17-51/h10-15,25-27,31-32,36,53H,5-9,16-24H2,1-4H3,(H2,47,55)(H,49,56)/t27-,31?,32+,36-/m0/s1. The van der Waals surface area contributed by atoms with Gasteiger partial charge in [0.25, 0.3) is 0 Å². The fraction of sp³-hybridized carbons (Fsp3) is 0.523. The summed E-state index contributed by atoms with van der Waals surface area (Å²) >= 11 is 3.01. The van der Waals surface area contributed by atoms with Crippen molar-refractivity contribution < 1.29 is 37.7 Å². The van der Waals surface area contributed by atoms with E-state index in [0.717, 1.165) is 45.7 Å². The number of ether oxygens (including phenoxy) is 2. The van der Waals surface area contributed by atoms with Gasteiger partial charge < -0.3 is 35.4 Å². The minimum absolute atomic E-state index is 0.0567. The van der Waals surface area contributed by atoms with Gasteiger partial charge in [0.2, 0.25) is 23.5 Å². The first-order chi connectivity index (χ1) is 28.7. The number of aliphatic hydroxyl groups excluding tert-OH is 1. The summed E-state index contributed by atoms with van der Waals surface area (Å²) in [6.45, 7) is 10.6. The number of hydrogen-bond donors (Lipinski definition) is 3. The topological polar surface area (TPSA) is 160 Å². The van der Waals surface area contributed by atoms with Gasteiger partial charge in [-0.05, 0) is 61.8 Å². The fourth-order valence-corrected chi connectivity index (χ4v) is 9.70. The molecule has 2 aromatic carbocycles. The molecule has 2 fully saturated rings. The maximum Gasteiger partial charge on any atom is 0.243 e. The Balaban J connectivity index is 0.949. The number of carbonyl (C=O) groups excluding carboxylic acids is 3. The van der Waals surface area contributed by atoms with E-state index in [-0.39, 0.29) is 49.6 Å². The van der Waals surface area contributed by atoms with Crippen LogP contribution in [0.2, 0.25) is 0 Å². The number of halogens is 2. The average molecular weight is 867 g/mol. The minimum atomic E-state index is -1.05. The Morgan fingerprint density at radius 2 is 1.80 bits per heavy atom. The van der Waals surface area contributed by atoms with Crippen molar-refractivity contribution in [2.24, 2.45) is 17.1 Å². The van der Waals surface area contributed by atoms with Crippen molar-refractivity contribution in [2.75, 3.05) is 44.4 Å². The predicted octanol–water partition coefficient (Wildman–Crippen LogP) is 7.43. The molecule has 60 heavy (non-hydrogen) atoms. The highest BCUT2D eigenvalue weighted by atomic mass is 32.1. The number of unbranched alkanes of at least 4 members (excludes halogenated alkanes) is 3. The third-order valence-corrected chi connectivity index (χ3v) is 13.2. The fourth-order valence-electron chi connectivity index (χ4n) is 8.01. The summed E-state index contributed by atoms with van der Waals surface area (Å²) in [6, 6.07) is 9.38. The number of hydrogen-bond acceptors (Lipinski definition) is 11. The number of benzene rings is 2. The summed E-state index contributed by atoms with van der Waals surface area (Å²) < 4.78 is 40.5. The third kappa shape index (κ3) is 11.4. The largest absolute Gasteiger partial charge is 0.490 e. The van der Waals surface area contributed by atoms with Crippen LogP contribution in [0, 0.1) is 29.9 Å². The Labute approximate surface area is 358 Å². The molecule has 16 heteroatoms. The Bertz CT molecular complexity index is 2090. The van der Waals surface area contributed by atoms with Crippen molar-refractivity contribution in [3.05, 3.63) is 70.2 Å². The van der Waals surface area contributed by atoms with E-state index in [0.29, 0.717) is 63.2 Å². The number of thiazole rings is 2. The summed E-state index contributed by atoms with van der Waals surface area (Å²) in [5.74, 6) is -3.70. The first-order valence-electron chi connectivity index (χ1n) is 20.7. The van der Waals surface area contributed by atoms with Crippen LogP contribution < -0.4 is 20.7 Å². The van der Waals surface area contributed by atoms with Crippen molar-refractivity contribution in [2.45, 2.75) is 97.2 Å². The lowest BCUT2D eigenvalue weighted by molar-refractivity contribution is -0.140. The van der Waals surface area contributed by atoms with Gasteiger partial charge in [-0.3, -0.25) is 14.4 Å². The number of aryl methyl sites for hydroxylation is 1. The number of rotatable bonds is 19. The van der Waals surface area contributed by atoms with E-state index in [1.807, 2.05) is 62.9 Å². The molecule has 6 rings (SSSR count). The van der Waals surface area contributed by atoms with Crippen LogP contribution in [0.15, 0.2) is 47.3 Å². The van der Waals surface area contributed by atoms with Gasteiger partial charge in [-0.15, -0.1) is 22.7 Å². The molecule has 0 spiro atoms. The highest BCUT2D eigenvalue weighted by Crippen LogP contribution is 2.38. The number of nitrogens with zero attached hydrogens (tertiary/aromatic N) is 4. The number of nitrogens with two attached hydrogens (primary N) is 1. The molecule has 0 saturated carbocycles. The molecule has 4 atom stereocenters. The lowest BCUT2D eigenvalue weighted by Crippen LogP contribution is -2.47. The lowest BCUT2D eigenvalue weighted by atomic mass is 9.77. The third-order valence-electron chi connectivity index (χ3n) is 11.3.